The van der Waals surface area contributed by atoms with E-state index in [0.29, 0.717) is 24.1 Å². The second-order valence-electron chi connectivity index (χ2n) is 6.31. The molecule has 3 heterocycles. The number of nitrogens with one attached hydrogen (secondary N) is 1. The number of aryl methyl sites for hydroxylation is 1. The van der Waals surface area contributed by atoms with Gasteiger partial charge in [-0.3, -0.25) is 4.68 Å². The van der Waals surface area contributed by atoms with Crippen LogP contribution in [0.1, 0.15) is 32.7 Å². The monoisotopic (exact) mass is 330 g/mol. The number of hydrogen-bond donors (Lipinski definition) is 4. The molecular formula is C15H17BN3O5-. The SMILES string of the molecule is O=C(O)c1c(Cn2cc3c(n2)CNC3)ccc2c1O[B-](O)(O)CC2. The number of hydrogen-bond acceptors (Lipinski definition) is 6. The van der Waals surface area contributed by atoms with E-state index in [1.165, 1.54) is 0 Å². The number of carboxylic acids is 1. The molecular weight excluding hydrogens is 313 g/mol. The van der Waals surface area contributed by atoms with Gasteiger partial charge in [-0.25, -0.2) is 4.79 Å². The standard InChI is InChI=1S/C15H17BN3O5/c20-15(21)13-10(7-19-8-11-5-17-6-12(11)18-19)2-1-9-3-4-16(22,23)24-14(9)13/h1-2,8,17,22-23H,3-7H2,(H,20,21)/q-1. The van der Waals surface area contributed by atoms with Crippen LogP contribution in [0.2, 0.25) is 6.32 Å². The molecule has 2 aliphatic rings. The van der Waals surface area contributed by atoms with Gasteiger partial charge in [-0.15, -0.1) is 0 Å². The van der Waals surface area contributed by atoms with E-state index in [1.54, 1.807) is 16.8 Å². The molecule has 8 nitrogen and oxygen atoms in total. The normalized spacial score (nSPS) is 17.9. The van der Waals surface area contributed by atoms with Gasteiger partial charge < -0.3 is 25.1 Å². The lowest BCUT2D eigenvalue weighted by atomic mass is 9.70. The first kappa shape index (κ1) is 15.2. The molecule has 0 saturated heterocycles. The van der Waals surface area contributed by atoms with Crippen LogP contribution in [0.25, 0.3) is 0 Å². The summed E-state index contributed by atoms with van der Waals surface area (Å²) in [6.45, 7) is -1.26. The first-order chi connectivity index (χ1) is 11.4. The van der Waals surface area contributed by atoms with Gasteiger partial charge in [0, 0.05) is 24.8 Å². The molecule has 0 spiro atoms. The number of carbonyl (C=O) groups is 1. The summed E-state index contributed by atoms with van der Waals surface area (Å²) < 4.78 is 6.91. The van der Waals surface area contributed by atoms with Gasteiger partial charge in [0.05, 0.1) is 18.0 Å². The lowest BCUT2D eigenvalue weighted by Crippen LogP contribution is -2.45. The van der Waals surface area contributed by atoms with E-state index in [9.17, 15) is 19.9 Å². The van der Waals surface area contributed by atoms with E-state index in [0.717, 1.165) is 17.8 Å². The van der Waals surface area contributed by atoms with Crippen LogP contribution in [0.5, 0.6) is 5.75 Å². The third kappa shape index (κ3) is 2.56. The van der Waals surface area contributed by atoms with Crippen molar-refractivity contribution >= 4 is 12.7 Å². The lowest BCUT2D eigenvalue weighted by Gasteiger charge is -2.37. The van der Waals surface area contributed by atoms with Gasteiger partial charge in [0.2, 0.25) is 0 Å². The zero-order chi connectivity index (χ0) is 16.9. The maximum Gasteiger partial charge on any atom is 0.430 e. The first-order valence-electron chi connectivity index (χ1n) is 7.86. The van der Waals surface area contributed by atoms with E-state index < -0.39 is 12.7 Å². The van der Waals surface area contributed by atoms with Crippen LogP contribution >= 0.6 is 0 Å². The number of nitrogens with zero attached hydrogens (tertiary/aromatic N) is 2. The van der Waals surface area contributed by atoms with Gasteiger partial charge >= 0.3 is 12.7 Å². The second kappa shape index (κ2) is 5.33. The van der Waals surface area contributed by atoms with Crippen molar-refractivity contribution in [3.05, 3.63) is 46.3 Å². The minimum Gasteiger partial charge on any atom is -0.669 e. The summed E-state index contributed by atoms with van der Waals surface area (Å²) in [4.78, 5) is 11.8. The maximum absolute atomic E-state index is 11.8. The van der Waals surface area contributed by atoms with Crippen molar-refractivity contribution in [3.63, 3.8) is 0 Å². The molecule has 1 aromatic heterocycles. The van der Waals surface area contributed by atoms with E-state index in [2.05, 4.69) is 10.4 Å². The van der Waals surface area contributed by atoms with Crippen molar-refractivity contribution in [2.45, 2.75) is 32.4 Å². The van der Waals surface area contributed by atoms with Crippen molar-refractivity contribution < 1.29 is 24.6 Å². The Hall–Kier alpha value is -2.36. The third-order valence-electron chi connectivity index (χ3n) is 4.50. The van der Waals surface area contributed by atoms with Crippen LogP contribution in [0.4, 0.5) is 0 Å². The summed E-state index contributed by atoms with van der Waals surface area (Å²) in [7, 11) is 0. The molecule has 0 aliphatic carbocycles. The third-order valence-corrected chi connectivity index (χ3v) is 4.50. The van der Waals surface area contributed by atoms with Gasteiger partial charge in [0.1, 0.15) is 5.56 Å². The smallest absolute Gasteiger partial charge is 0.430 e. The number of fused-ring (bicyclic) bond motifs is 2. The Morgan fingerprint density at radius 2 is 2.17 bits per heavy atom. The molecule has 126 valence electrons. The molecule has 4 N–H and O–H groups in total. The molecule has 0 bridgehead atoms. The Labute approximate surface area is 137 Å². The highest BCUT2D eigenvalue weighted by atomic mass is 16.6. The number of benzene rings is 1. The van der Waals surface area contributed by atoms with Crippen LogP contribution in [0.15, 0.2) is 18.3 Å². The fraction of sp³-hybridized carbons (Fsp3) is 0.333. The molecule has 24 heavy (non-hydrogen) atoms. The average molecular weight is 330 g/mol. The van der Waals surface area contributed by atoms with E-state index in [-0.39, 0.29) is 24.2 Å². The van der Waals surface area contributed by atoms with Gasteiger partial charge in [-0.05, 0) is 17.5 Å². The van der Waals surface area contributed by atoms with Crippen LogP contribution in [0, 0.1) is 0 Å². The van der Waals surface area contributed by atoms with E-state index in [4.69, 9.17) is 4.65 Å². The van der Waals surface area contributed by atoms with E-state index in [1.807, 2.05) is 6.20 Å². The van der Waals surface area contributed by atoms with Gasteiger partial charge in [0.15, 0.2) is 0 Å². The number of aromatic nitrogens is 2. The summed E-state index contributed by atoms with van der Waals surface area (Å²) in [5.41, 5.74) is 3.23. The molecule has 0 unspecified atom stereocenters. The molecule has 0 amide bonds. The van der Waals surface area contributed by atoms with Gasteiger partial charge in [0.25, 0.3) is 0 Å². The molecule has 2 aliphatic heterocycles. The predicted molar refractivity (Wildman–Crippen MR) is 84.6 cm³/mol. The predicted octanol–water partition coefficient (Wildman–Crippen LogP) is 0.0912. The van der Waals surface area contributed by atoms with Crippen molar-refractivity contribution in [2.75, 3.05) is 0 Å². The minimum absolute atomic E-state index is 0.0321. The molecule has 4 rings (SSSR count). The van der Waals surface area contributed by atoms with Crippen molar-refractivity contribution in [3.8, 4) is 5.75 Å². The molecule has 0 radical (unpaired) electrons. The Morgan fingerprint density at radius 3 is 2.92 bits per heavy atom. The lowest BCUT2D eigenvalue weighted by molar-refractivity contribution is 0.0692. The quantitative estimate of drug-likeness (QED) is 0.589. The largest absolute Gasteiger partial charge is 0.669 e. The maximum atomic E-state index is 11.8. The number of aromatic carboxylic acids is 1. The Morgan fingerprint density at radius 1 is 1.33 bits per heavy atom. The zero-order valence-corrected chi connectivity index (χ0v) is 12.9. The van der Waals surface area contributed by atoms with Crippen molar-refractivity contribution in [1.82, 2.24) is 15.1 Å². The number of carboxylic acid groups (broad SMARTS) is 1. The highest BCUT2D eigenvalue weighted by Crippen LogP contribution is 2.35. The highest BCUT2D eigenvalue weighted by Gasteiger charge is 2.32. The van der Waals surface area contributed by atoms with Crippen LogP contribution in [-0.4, -0.2) is 37.7 Å². The Balaban J connectivity index is 1.73. The first-order valence-corrected chi connectivity index (χ1v) is 7.86. The van der Waals surface area contributed by atoms with Gasteiger partial charge in [-0.2, -0.15) is 5.10 Å². The van der Waals surface area contributed by atoms with E-state index >= 15 is 0 Å². The molecule has 9 heteroatoms. The molecule has 0 saturated carbocycles. The fourth-order valence-corrected chi connectivity index (χ4v) is 3.33. The average Bonchev–Trinajstić information content (AvgIpc) is 3.06. The summed E-state index contributed by atoms with van der Waals surface area (Å²) in [5.74, 6) is -1.10. The molecule has 0 fully saturated rings. The summed E-state index contributed by atoms with van der Waals surface area (Å²) in [6, 6.07) is 3.52. The highest BCUT2D eigenvalue weighted by molar-refractivity contribution is 6.59. The molecule has 1 aromatic carbocycles. The second-order valence-corrected chi connectivity index (χ2v) is 6.31. The van der Waals surface area contributed by atoms with Crippen LogP contribution in [0.3, 0.4) is 0 Å². The zero-order valence-electron chi connectivity index (χ0n) is 12.9. The Kier molecular flexibility index (Phi) is 3.38. The van der Waals surface area contributed by atoms with Crippen LogP contribution in [-0.2, 0) is 26.1 Å². The van der Waals surface area contributed by atoms with Gasteiger partial charge in [-0.1, -0.05) is 18.5 Å². The number of rotatable bonds is 3. The molecule has 2 aromatic rings. The summed E-state index contributed by atoms with van der Waals surface area (Å²) in [6.07, 6.45) is 2.32. The summed E-state index contributed by atoms with van der Waals surface area (Å²) >= 11 is 0. The Bertz CT molecular complexity index is 811. The van der Waals surface area contributed by atoms with Crippen molar-refractivity contribution in [2.24, 2.45) is 0 Å². The topological polar surface area (TPSA) is 117 Å². The molecule has 0 atom stereocenters. The fourth-order valence-electron chi connectivity index (χ4n) is 3.33. The van der Waals surface area contributed by atoms with Crippen LogP contribution < -0.4 is 9.97 Å². The summed E-state index contributed by atoms with van der Waals surface area (Å²) in [5, 5.41) is 36.8. The minimum atomic E-state index is -3.01. The van der Waals surface area contributed by atoms with Crippen molar-refractivity contribution in [1.29, 1.82) is 0 Å².